The summed E-state index contributed by atoms with van der Waals surface area (Å²) in [6.45, 7) is 0.976. The molecule has 1 heterocycles. The third kappa shape index (κ3) is 3.14. The van der Waals surface area contributed by atoms with Crippen molar-refractivity contribution in [2.75, 3.05) is 13.2 Å². The Balaban J connectivity index is 1.49. The normalized spacial score (nSPS) is 37.6. The summed E-state index contributed by atoms with van der Waals surface area (Å²) in [5, 5.41) is 0. The van der Waals surface area contributed by atoms with E-state index in [0.717, 1.165) is 32.1 Å². The van der Waals surface area contributed by atoms with Crippen LogP contribution in [0.15, 0.2) is 4.99 Å². The van der Waals surface area contributed by atoms with Gasteiger partial charge < -0.3 is 9.47 Å². The van der Waals surface area contributed by atoms with E-state index in [-0.39, 0.29) is 12.0 Å². The molecule has 0 saturated heterocycles. The van der Waals surface area contributed by atoms with Crippen molar-refractivity contribution < 1.29 is 32.4 Å². The van der Waals surface area contributed by atoms with E-state index >= 15 is 0 Å². The highest BCUT2D eigenvalue weighted by atomic mass is 19.3. The monoisotopic (exact) mass is 369 g/mol. The fourth-order valence-corrected chi connectivity index (χ4v) is 5.68. The molecule has 2 unspecified atom stereocenters. The van der Waals surface area contributed by atoms with Gasteiger partial charge in [0.15, 0.2) is 6.54 Å². The third-order valence-corrected chi connectivity index (χ3v) is 6.10. The lowest BCUT2D eigenvalue weighted by Gasteiger charge is -2.60. The Bertz CT molecular complexity index is 684. The van der Waals surface area contributed by atoms with Crippen molar-refractivity contribution in [2.24, 2.45) is 22.2 Å². The lowest BCUT2D eigenvalue weighted by molar-refractivity contribution is -0.328. The molecule has 0 aromatic rings. The van der Waals surface area contributed by atoms with Crippen LogP contribution in [0.2, 0.25) is 0 Å². The number of amides is 1. The van der Waals surface area contributed by atoms with E-state index in [1.54, 1.807) is 6.21 Å². The Morgan fingerprint density at radius 3 is 2.54 bits per heavy atom. The van der Waals surface area contributed by atoms with Crippen LogP contribution in [0.25, 0.3) is 0 Å². The fourth-order valence-electron chi connectivity index (χ4n) is 5.68. The van der Waals surface area contributed by atoms with Crippen LogP contribution >= 0.6 is 0 Å². The third-order valence-electron chi connectivity index (χ3n) is 6.10. The SMILES string of the molecule is CC(F)(F)C(=O)OCC12CC3CC(C1)CC(OC(=O)[N+]1=CCN=C1)(C3)C2. The number of nitrogens with zero attached hydrogens (tertiary/aromatic N) is 2. The van der Waals surface area contributed by atoms with Crippen molar-refractivity contribution >= 4 is 24.6 Å². The van der Waals surface area contributed by atoms with Crippen molar-refractivity contribution in [1.29, 1.82) is 0 Å². The van der Waals surface area contributed by atoms with Gasteiger partial charge in [-0.3, -0.25) is 0 Å². The molecule has 0 N–H and O–H groups in total. The predicted octanol–water partition coefficient (Wildman–Crippen LogP) is 2.79. The van der Waals surface area contributed by atoms with Gasteiger partial charge in [-0.05, 0) is 50.4 Å². The molecule has 8 heteroatoms. The molecule has 1 aliphatic heterocycles. The molecule has 2 atom stereocenters. The number of esters is 1. The first-order valence-corrected chi connectivity index (χ1v) is 9.08. The van der Waals surface area contributed by atoms with E-state index in [1.165, 1.54) is 10.9 Å². The Kier molecular flexibility index (Phi) is 3.93. The van der Waals surface area contributed by atoms with Crippen LogP contribution in [0.3, 0.4) is 0 Å². The molecule has 4 bridgehead atoms. The molecule has 6 nitrogen and oxygen atoms in total. The number of alkyl halides is 2. The molecule has 0 spiro atoms. The van der Waals surface area contributed by atoms with Gasteiger partial charge in [0.25, 0.3) is 6.34 Å². The van der Waals surface area contributed by atoms with Gasteiger partial charge in [-0.25, -0.2) is 4.79 Å². The molecule has 4 aliphatic carbocycles. The van der Waals surface area contributed by atoms with Crippen LogP contribution in [0, 0.1) is 17.3 Å². The van der Waals surface area contributed by atoms with E-state index in [4.69, 9.17) is 9.47 Å². The van der Waals surface area contributed by atoms with Crippen LogP contribution in [0.5, 0.6) is 0 Å². The second-order valence-electron chi connectivity index (χ2n) is 8.55. The van der Waals surface area contributed by atoms with E-state index in [9.17, 15) is 18.4 Å². The summed E-state index contributed by atoms with van der Waals surface area (Å²) >= 11 is 0. The number of aliphatic imine (C=N–C) groups is 1. The summed E-state index contributed by atoms with van der Waals surface area (Å²) in [5.41, 5.74) is -0.958. The van der Waals surface area contributed by atoms with Gasteiger partial charge in [0, 0.05) is 12.3 Å². The second-order valence-corrected chi connectivity index (χ2v) is 8.55. The molecule has 1 amide bonds. The van der Waals surface area contributed by atoms with Crippen molar-refractivity contribution in [3.05, 3.63) is 0 Å². The highest BCUT2D eigenvalue weighted by Crippen LogP contribution is 2.63. The highest BCUT2D eigenvalue weighted by Gasteiger charge is 2.60. The first kappa shape index (κ1) is 17.5. The zero-order valence-electron chi connectivity index (χ0n) is 14.7. The van der Waals surface area contributed by atoms with Crippen LogP contribution < -0.4 is 0 Å². The molecule has 4 saturated carbocycles. The van der Waals surface area contributed by atoms with Gasteiger partial charge in [-0.2, -0.15) is 13.6 Å². The maximum absolute atomic E-state index is 13.1. The van der Waals surface area contributed by atoms with E-state index in [1.807, 2.05) is 0 Å². The molecule has 142 valence electrons. The number of ether oxygens (including phenoxy) is 2. The number of carbonyl (C=O) groups is 2. The van der Waals surface area contributed by atoms with Gasteiger partial charge in [-0.1, -0.05) is 4.99 Å². The number of hydrogen-bond donors (Lipinski definition) is 0. The molecule has 0 radical (unpaired) electrons. The summed E-state index contributed by atoms with van der Waals surface area (Å²) < 4.78 is 38.5. The van der Waals surface area contributed by atoms with Crippen molar-refractivity contribution in [2.45, 2.75) is 57.0 Å². The smallest absolute Gasteiger partial charge is 0.461 e. The first-order valence-electron chi connectivity index (χ1n) is 9.08. The van der Waals surface area contributed by atoms with Crippen LogP contribution in [0.1, 0.15) is 45.4 Å². The predicted molar refractivity (Wildman–Crippen MR) is 87.6 cm³/mol. The standard InChI is InChI=1S/C18H23F2N2O4/c1-16(19,20)14(23)25-10-17-5-12-4-13(6-17)8-18(7-12,9-17)26-15(24)22-3-2-21-11-22/h3,11-13H,2,4-10H2,1H3/q+1. The number of halogens is 2. The molecular formula is C18H23F2N2O4+. The summed E-state index contributed by atoms with van der Waals surface area (Å²) in [6.07, 6.45) is 7.54. The van der Waals surface area contributed by atoms with Crippen molar-refractivity contribution in [1.82, 2.24) is 0 Å². The lowest BCUT2D eigenvalue weighted by atomic mass is 9.48. The van der Waals surface area contributed by atoms with E-state index in [2.05, 4.69) is 4.99 Å². The Morgan fingerprint density at radius 1 is 1.27 bits per heavy atom. The Hall–Kier alpha value is -1.86. The molecule has 5 rings (SSSR count). The maximum atomic E-state index is 13.1. The van der Waals surface area contributed by atoms with Crippen molar-refractivity contribution in [3.8, 4) is 0 Å². The minimum absolute atomic E-state index is 0.0289. The van der Waals surface area contributed by atoms with Gasteiger partial charge in [-0.15, -0.1) is 4.58 Å². The zero-order chi connectivity index (χ0) is 18.6. The van der Waals surface area contributed by atoms with Crippen LogP contribution in [-0.2, 0) is 14.3 Å². The summed E-state index contributed by atoms with van der Waals surface area (Å²) in [7, 11) is 0. The number of rotatable bonds is 4. The molecule has 0 aromatic carbocycles. The summed E-state index contributed by atoms with van der Waals surface area (Å²) in [4.78, 5) is 27.9. The van der Waals surface area contributed by atoms with Gasteiger partial charge >= 0.3 is 18.0 Å². The Morgan fingerprint density at radius 2 is 1.96 bits per heavy atom. The van der Waals surface area contributed by atoms with Crippen LogP contribution in [0.4, 0.5) is 13.6 Å². The minimum atomic E-state index is -3.49. The summed E-state index contributed by atoms with van der Waals surface area (Å²) in [5.74, 6) is -4.22. The minimum Gasteiger partial charge on any atom is -0.461 e. The quantitative estimate of drug-likeness (QED) is 0.564. The maximum Gasteiger partial charge on any atom is 0.511 e. The lowest BCUT2D eigenvalue weighted by Crippen LogP contribution is -2.59. The van der Waals surface area contributed by atoms with Gasteiger partial charge in [0.2, 0.25) is 0 Å². The first-order chi connectivity index (χ1) is 12.2. The average Bonchev–Trinajstić information content (AvgIpc) is 3.04. The molecule has 0 aromatic heterocycles. The average molecular weight is 369 g/mol. The van der Waals surface area contributed by atoms with E-state index < -0.39 is 23.6 Å². The fraction of sp³-hybridized carbons (Fsp3) is 0.778. The van der Waals surface area contributed by atoms with Gasteiger partial charge in [0.05, 0.1) is 6.61 Å². The molecule has 5 aliphatic rings. The number of hydrogen-bond acceptors (Lipinski definition) is 5. The van der Waals surface area contributed by atoms with E-state index in [0.29, 0.717) is 31.7 Å². The van der Waals surface area contributed by atoms with Gasteiger partial charge in [0.1, 0.15) is 11.8 Å². The zero-order valence-corrected chi connectivity index (χ0v) is 14.7. The van der Waals surface area contributed by atoms with Crippen LogP contribution in [-0.4, -0.2) is 53.9 Å². The summed E-state index contributed by atoms with van der Waals surface area (Å²) in [6, 6.07) is 0. The largest absolute Gasteiger partial charge is 0.511 e. The van der Waals surface area contributed by atoms with Crippen molar-refractivity contribution in [3.63, 3.8) is 0 Å². The highest BCUT2D eigenvalue weighted by molar-refractivity contribution is 5.80. The second kappa shape index (κ2) is 5.82. The molecule has 26 heavy (non-hydrogen) atoms. The molecular weight excluding hydrogens is 346 g/mol. The molecule has 4 fully saturated rings. The number of carbonyl (C=O) groups excluding carboxylic acids is 2. The topological polar surface area (TPSA) is 68.0 Å². The Labute approximate surface area is 150 Å².